The molecule has 1 heterocycles. The summed E-state index contributed by atoms with van der Waals surface area (Å²) in [6.45, 7) is 2.64. The predicted molar refractivity (Wildman–Crippen MR) is 78.2 cm³/mol. The van der Waals surface area contributed by atoms with Crippen LogP contribution in [0.25, 0.3) is 0 Å². The van der Waals surface area contributed by atoms with Gasteiger partial charge in [0.1, 0.15) is 17.5 Å². The van der Waals surface area contributed by atoms with Gasteiger partial charge in [-0.2, -0.15) is 0 Å². The Kier molecular flexibility index (Phi) is 5.41. The van der Waals surface area contributed by atoms with Gasteiger partial charge in [-0.3, -0.25) is 9.59 Å². The van der Waals surface area contributed by atoms with Crippen molar-refractivity contribution in [2.75, 3.05) is 19.6 Å². The Labute approximate surface area is 132 Å². The SMILES string of the molecule is CC(CN)C(=O)N1CCC(C(=O)c2c(F)cc(F)cc2F)CC1. The first kappa shape index (κ1) is 17.5. The molecule has 126 valence electrons. The summed E-state index contributed by atoms with van der Waals surface area (Å²) in [5, 5.41) is 0. The van der Waals surface area contributed by atoms with Crippen LogP contribution in [0.1, 0.15) is 30.1 Å². The van der Waals surface area contributed by atoms with Crippen LogP contribution in [-0.4, -0.2) is 36.2 Å². The molecule has 1 unspecified atom stereocenters. The molecule has 2 N–H and O–H groups in total. The molecule has 0 spiro atoms. The highest BCUT2D eigenvalue weighted by Crippen LogP contribution is 2.26. The normalized spacial score (nSPS) is 17.2. The van der Waals surface area contributed by atoms with E-state index < -0.39 is 34.7 Å². The predicted octanol–water partition coefficient (Wildman–Crippen LogP) is 2.12. The Balaban J connectivity index is 2.06. The van der Waals surface area contributed by atoms with Gasteiger partial charge in [0.2, 0.25) is 5.91 Å². The molecule has 1 aromatic rings. The number of piperidine rings is 1. The molecule has 0 aliphatic carbocycles. The number of nitrogens with two attached hydrogens (primary N) is 1. The number of hydrogen-bond donors (Lipinski definition) is 1. The van der Waals surface area contributed by atoms with Gasteiger partial charge in [0.25, 0.3) is 0 Å². The van der Waals surface area contributed by atoms with Crippen LogP contribution in [0.5, 0.6) is 0 Å². The number of benzene rings is 1. The Bertz CT molecular complexity index is 590. The van der Waals surface area contributed by atoms with Crippen LogP contribution < -0.4 is 5.73 Å². The fourth-order valence-corrected chi connectivity index (χ4v) is 2.76. The van der Waals surface area contributed by atoms with Crippen LogP contribution in [-0.2, 0) is 4.79 Å². The molecule has 0 saturated carbocycles. The summed E-state index contributed by atoms with van der Waals surface area (Å²) in [6, 6.07) is 0.996. The minimum atomic E-state index is -1.19. The van der Waals surface area contributed by atoms with E-state index in [2.05, 4.69) is 0 Å². The van der Waals surface area contributed by atoms with Crippen molar-refractivity contribution in [3.8, 4) is 0 Å². The van der Waals surface area contributed by atoms with Crippen molar-refractivity contribution in [3.63, 3.8) is 0 Å². The third-order valence-corrected chi connectivity index (χ3v) is 4.21. The van der Waals surface area contributed by atoms with Crippen molar-refractivity contribution in [3.05, 3.63) is 35.1 Å². The van der Waals surface area contributed by atoms with Gasteiger partial charge in [0, 0.05) is 43.6 Å². The smallest absolute Gasteiger partial charge is 0.226 e. The van der Waals surface area contributed by atoms with E-state index >= 15 is 0 Å². The quantitative estimate of drug-likeness (QED) is 0.861. The highest BCUT2D eigenvalue weighted by atomic mass is 19.1. The minimum absolute atomic E-state index is 0.0856. The van der Waals surface area contributed by atoms with E-state index in [0.717, 1.165) is 0 Å². The zero-order valence-electron chi connectivity index (χ0n) is 12.8. The number of carbonyl (C=O) groups excluding carboxylic acids is 2. The van der Waals surface area contributed by atoms with Crippen LogP contribution in [0.4, 0.5) is 13.2 Å². The number of rotatable bonds is 4. The molecule has 0 radical (unpaired) electrons. The van der Waals surface area contributed by atoms with Gasteiger partial charge >= 0.3 is 0 Å². The van der Waals surface area contributed by atoms with Crippen molar-refractivity contribution in [2.45, 2.75) is 19.8 Å². The summed E-state index contributed by atoms with van der Waals surface area (Å²) in [6.07, 6.45) is 0.635. The average Bonchev–Trinajstić information content (AvgIpc) is 2.52. The Morgan fingerprint density at radius 3 is 2.22 bits per heavy atom. The zero-order valence-corrected chi connectivity index (χ0v) is 12.8. The number of halogens is 3. The number of carbonyl (C=O) groups is 2. The molecule has 1 saturated heterocycles. The van der Waals surface area contributed by atoms with Gasteiger partial charge in [-0.05, 0) is 12.8 Å². The lowest BCUT2D eigenvalue weighted by molar-refractivity contribution is -0.135. The maximum absolute atomic E-state index is 13.7. The maximum Gasteiger partial charge on any atom is 0.226 e. The third-order valence-electron chi connectivity index (χ3n) is 4.21. The van der Waals surface area contributed by atoms with Crippen LogP contribution in [0.2, 0.25) is 0 Å². The highest BCUT2D eigenvalue weighted by Gasteiger charge is 2.32. The number of Topliss-reactive ketones (excluding diaryl/α,β-unsaturated/α-hetero) is 1. The largest absolute Gasteiger partial charge is 0.342 e. The summed E-state index contributed by atoms with van der Waals surface area (Å²) >= 11 is 0. The van der Waals surface area contributed by atoms with E-state index in [1.165, 1.54) is 0 Å². The van der Waals surface area contributed by atoms with Crippen LogP contribution in [0, 0.1) is 29.3 Å². The average molecular weight is 328 g/mol. The Hall–Kier alpha value is -1.89. The molecule has 1 aliphatic heterocycles. The molecule has 0 aromatic heterocycles. The summed E-state index contributed by atoms with van der Waals surface area (Å²) in [5.41, 5.74) is 4.76. The monoisotopic (exact) mass is 328 g/mol. The fraction of sp³-hybridized carbons (Fsp3) is 0.500. The second kappa shape index (κ2) is 7.12. The number of nitrogens with zero attached hydrogens (tertiary/aromatic N) is 1. The third kappa shape index (κ3) is 3.72. The van der Waals surface area contributed by atoms with Crippen molar-refractivity contribution in [1.29, 1.82) is 0 Å². The second-order valence-corrected chi connectivity index (χ2v) is 5.84. The van der Waals surface area contributed by atoms with Gasteiger partial charge in [0.05, 0.1) is 5.56 Å². The molecule has 0 bridgehead atoms. The lowest BCUT2D eigenvalue weighted by Gasteiger charge is -2.33. The lowest BCUT2D eigenvalue weighted by atomic mass is 9.88. The summed E-state index contributed by atoms with van der Waals surface area (Å²) in [4.78, 5) is 25.9. The van der Waals surface area contributed by atoms with Crippen LogP contribution in [0.15, 0.2) is 12.1 Å². The van der Waals surface area contributed by atoms with Crippen LogP contribution in [0.3, 0.4) is 0 Å². The van der Waals surface area contributed by atoms with Gasteiger partial charge in [-0.1, -0.05) is 6.92 Å². The van der Waals surface area contributed by atoms with E-state index in [4.69, 9.17) is 5.73 Å². The molecule has 1 aliphatic rings. The minimum Gasteiger partial charge on any atom is -0.342 e. The number of ketones is 1. The topological polar surface area (TPSA) is 63.4 Å². The van der Waals surface area contributed by atoms with Crippen LogP contribution >= 0.6 is 0 Å². The molecule has 7 heteroatoms. The standard InChI is InChI=1S/C16H19F3N2O2/c1-9(8-20)16(23)21-4-2-10(3-5-21)15(22)14-12(18)6-11(17)7-13(14)19/h6-7,9-10H,2-5,8,20H2,1H3. The Morgan fingerprint density at radius 1 is 1.22 bits per heavy atom. The summed E-state index contributed by atoms with van der Waals surface area (Å²) in [5.74, 6) is -5.09. The van der Waals surface area contributed by atoms with Gasteiger partial charge in [0.15, 0.2) is 5.78 Å². The van der Waals surface area contributed by atoms with E-state index in [9.17, 15) is 22.8 Å². The molecule has 1 aromatic carbocycles. The molecular weight excluding hydrogens is 309 g/mol. The van der Waals surface area contributed by atoms with Gasteiger partial charge in [-0.25, -0.2) is 13.2 Å². The molecule has 1 fully saturated rings. The van der Waals surface area contributed by atoms with E-state index in [1.807, 2.05) is 0 Å². The molecular formula is C16H19F3N2O2. The first-order chi connectivity index (χ1) is 10.8. The van der Waals surface area contributed by atoms with Crippen molar-refractivity contribution in [2.24, 2.45) is 17.6 Å². The van der Waals surface area contributed by atoms with E-state index in [1.54, 1.807) is 11.8 Å². The summed E-state index contributed by atoms with van der Waals surface area (Å²) in [7, 11) is 0. The molecule has 4 nitrogen and oxygen atoms in total. The highest BCUT2D eigenvalue weighted by molar-refractivity contribution is 5.98. The number of likely N-dealkylation sites (tertiary alicyclic amines) is 1. The maximum atomic E-state index is 13.7. The van der Waals surface area contributed by atoms with Crippen molar-refractivity contribution < 1.29 is 22.8 Å². The van der Waals surface area contributed by atoms with Crippen molar-refractivity contribution in [1.82, 2.24) is 4.90 Å². The molecule has 1 atom stereocenters. The molecule has 2 rings (SSSR count). The molecule has 1 amide bonds. The van der Waals surface area contributed by atoms with Gasteiger partial charge < -0.3 is 10.6 Å². The second-order valence-electron chi connectivity index (χ2n) is 5.84. The molecule has 23 heavy (non-hydrogen) atoms. The van der Waals surface area contributed by atoms with Crippen molar-refractivity contribution >= 4 is 11.7 Å². The van der Waals surface area contributed by atoms with E-state index in [-0.39, 0.29) is 18.4 Å². The summed E-state index contributed by atoms with van der Waals surface area (Å²) < 4.78 is 40.3. The zero-order chi connectivity index (χ0) is 17.1. The number of amides is 1. The first-order valence-corrected chi connectivity index (χ1v) is 7.52. The lowest BCUT2D eigenvalue weighted by Crippen LogP contribution is -2.44. The number of hydrogen-bond acceptors (Lipinski definition) is 3. The first-order valence-electron chi connectivity index (χ1n) is 7.52. The van der Waals surface area contributed by atoms with E-state index in [0.29, 0.717) is 38.1 Å². The Morgan fingerprint density at radius 2 is 1.74 bits per heavy atom. The fourth-order valence-electron chi connectivity index (χ4n) is 2.76. The van der Waals surface area contributed by atoms with Gasteiger partial charge in [-0.15, -0.1) is 0 Å².